The zero-order chi connectivity index (χ0) is 18.6. The molecule has 1 heterocycles. The van der Waals surface area contributed by atoms with E-state index >= 15 is 0 Å². The molecule has 0 N–H and O–H groups in total. The van der Waals surface area contributed by atoms with Crippen molar-refractivity contribution in [2.45, 2.75) is 6.16 Å². The van der Waals surface area contributed by atoms with Crippen LogP contribution in [0.3, 0.4) is 0 Å². The van der Waals surface area contributed by atoms with Crippen LogP contribution in [-0.2, 0) is 6.16 Å². The quantitative estimate of drug-likeness (QED) is 0.374. The molecule has 1 aromatic heterocycles. The van der Waals surface area contributed by atoms with Gasteiger partial charge in [0.25, 0.3) is 0 Å². The second kappa shape index (κ2) is 8.45. The summed E-state index contributed by atoms with van der Waals surface area (Å²) in [6.45, 7) is 0. The molecule has 0 aliphatic carbocycles. The van der Waals surface area contributed by atoms with Crippen molar-refractivity contribution in [2.24, 2.45) is 0 Å². The van der Waals surface area contributed by atoms with E-state index in [4.69, 9.17) is 11.2 Å². The first-order chi connectivity index (χ1) is 13.2. The van der Waals surface area contributed by atoms with Gasteiger partial charge in [0.15, 0.2) is 0 Å². The van der Waals surface area contributed by atoms with Crippen LogP contribution in [0.5, 0.6) is 0 Å². The minimum absolute atomic E-state index is 0. The number of hydrogen-bond acceptors (Lipinski definition) is 1. The van der Waals surface area contributed by atoms with E-state index in [0.29, 0.717) is 0 Å². The maximum atomic E-state index is 8.02. The fraction of sp³-hybridized carbons (Fsp3) is 0.0417. The van der Waals surface area contributed by atoms with Crippen molar-refractivity contribution in [3.05, 3.63) is 121 Å². The third-order valence-electron chi connectivity index (χ3n) is 5.11. The first-order valence-electron chi connectivity index (χ1n) is 9.00. The molecule has 0 atom stereocenters. The SMILES string of the molecule is Cl.ClP(Cc1ccncc1)(c1ccccc1)(c1ccccc1)c1ccccc1. The number of aromatic nitrogens is 1. The van der Waals surface area contributed by atoms with E-state index in [1.807, 2.05) is 30.6 Å². The molecule has 0 spiro atoms. The van der Waals surface area contributed by atoms with Gasteiger partial charge in [0.1, 0.15) is 0 Å². The van der Waals surface area contributed by atoms with Crippen LogP contribution in [0.15, 0.2) is 116 Å². The van der Waals surface area contributed by atoms with E-state index in [2.05, 4.69) is 89.9 Å². The fourth-order valence-corrected chi connectivity index (χ4v) is 9.92. The van der Waals surface area contributed by atoms with Crippen LogP contribution in [0, 0.1) is 0 Å². The molecule has 3 aromatic carbocycles. The van der Waals surface area contributed by atoms with Gasteiger partial charge in [-0.3, -0.25) is 0 Å². The van der Waals surface area contributed by atoms with E-state index in [-0.39, 0.29) is 12.4 Å². The minimum atomic E-state index is -3.23. The van der Waals surface area contributed by atoms with Crippen molar-refractivity contribution in [1.29, 1.82) is 0 Å². The van der Waals surface area contributed by atoms with Crippen LogP contribution in [0.4, 0.5) is 0 Å². The second-order valence-corrected chi connectivity index (χ2v) is 13.2. The summed E-state index contributed by atoms with van der Waals surface area (Å²) in [6.07, 6.45) is 4.43. The van der Waals surface area contributed by atoms with E-state index in [1.54, 1.807) is 0 Å². The standard InChI is InChI=1S/C24H21ClNP.ClH/c25-27(22-10-4-1-5-11-22,23-12-6-2-7-13-23,24-14-8-3-9-15-24)20-21-16-18-26-19-17-21;/h1-19H,20H2;1H. The summed E-state index contributed by atoms with van der Waals surface area (Å²) in [4.78, 5) is 4.19. The molecule has 0 fully saturated rings. The van der Waals surface area contributed by atoms with Gasteiger partial charge >= 0.3 is 165 Å². The molecular formula is C24H22Cl2NP. The second-order valence-electron chi connectivity index (χ2n) is 6.70. The van der Waals surface area contributed by atoms with Crippen LogP contribution in [0.2, 0.25) is 0 Å². The molecule has 0 amide bonds. The van der Waals surface area contributed by atoms with E-state index in [0.717, 1.165) is 6.16 Å². The van der Waals surface area contributed by atoms with Gasteiger partial charge in [0, 0.05) is 0 Å². The molecule has 1 nitrogen and oxygen atoms in total. The topological polar surface area (TPSA) is 12.9 Å². The van der Waals surface area contributed by atoms with Crippen molar-refractivity contribution < 1.29 is 0 Å². The normalized spacial score (nSPS) is 12.4. The van der Waals surface area contributed by atoms with Crippen molar-refractivity contribution >= 4 is 45.5 Å². The van der Waals surface area contributed by atoms with Crippen LogP contribution in [0.25, 0.3) is 0 Å². The number of benzene rings is 3. The number of pyridine rings is 1. The predicted octanol–water partition coefficient (Wildman–Crippen LogP) is 5.69. The van der Waals surface area contributed by atoms with Gasteiger partial charge in [-0.1, -0.05) is 0 Å². The Balaban J connectivity index is 0.00000225. The first kappa shape index (κ1) is 20.6. The summed E-state index contributed by atoms with van der Waals surface area (Å²) in [5.74, 6) is -3.23. The Bertz CT molecular complexity index is 910. The van der Waals surface area contributed by atoms with Crippen LogP contribution < -0.4 is 15.9 Å². The monoisotopic (exact) mass is 425 g/mol. The van der Waals surface area contributed by atoms with Gasteiger partial charge in [-0.15, -0.1) is 12.4 Å². The summed E-state index contributed by atoms with van der Waals surface area (Å²) in [5, 5.41) is 3.54. The van der Waals surface area contributed by atoms with E-state index in [1.165, 1.54) is 21.5 Å². The fourth-order valence-electron chi connectivity index (χ4n) is 3.77. The zero-order valence-electron chi connectivity index (χ0n) is 15.4. The summed E-state index contributed by atoms with van der Waals surface area (Å²) >= 11 is 8.02. The zero-order valence-corrected chi connectivity index (χ0v) is 17.8. The molecule has 4 aromatic rings. The molecule has 0 aliphatic rings. The molecule has 0 saturated carbocycles. The molecular weight excluding hydrogens is 404 g/mol. The Morgan fingerprint density at radius 3 is 1.29 bits per heavy atom. The van der Waals surface area contributed by atoms with Gasteiger partial charge in [-0.25, -0.2) is 0 Å². The first-order valence-corrected chi connectivity index (χ1v) is 12.3. The van der Waals surface area contributed by atoms with Crippen molar-refractivity contribution in [3.63, 3.8) is 0 Å². The Labute approximate surface area is 177 Å². The predicted molar refractivity (Wildman–Crippen MR) is 126 cm³/mol. The number of halogens is 2. The average Bonchev–Trinajstić information content (AvgIpc) is 2.76. The molecule has 4 heteroatoms. The molecule has 0 aliphatic heterocycles. The van der Waals surface area contributed by atoms with Crippen molar-refractivity contribution in [2.75, 3.05) is 0 Å². The third-order valence-corrected chi connectivity index (χ3v) is 12.3. The van der Waals surface area contributed by atoms with Gasteiger partial charge < -0.3 is 0 Å². The number of rotatable bonds is 5. The van der Waals surface area contributed by atoms with Gasteiger partial charge in [0.05, 0.1) is 0 Å². The molecule has 0 radical (unpaired) electrons. The molecule has 142 valence electrons. The Hall–Kier alpha value is -2.18. The molecule has 0 saturated heterocycles. The average molecular weight is 426 g/mol. The summed E-state index contributed by atoms with van der Waals surface area (Å²) in [7, 11) is 0. The Morgan fingerprint density at radius 1 is 0.571 bits per heavy atom. The summed E-state index contributed by atoms with van der Waals surface area (Å²) in [6, 6.07) is 35.8. The van der Waals surface area contributed by atoms with Crippen molar-refractivity contribution in [3.8, 4) is 0 Å². The molecule has 0 unspecified atom stereocenters. The molecule has 4 rings (SSSR count). The van der Waals surface area contributed by atoms with E-state index < -0.39 is 5.96 Å². The maximum absolute atomic E-state index is 8.02. The molecule has 0 bridgehead atoms. The van der Waals surface area contributed by atoms with Gasteiger partial charge in [0.2, 0.25) is 0 Å². The third kappa shape index (κ3) is 3.47. The van der Waals surface area contributed by atoms with Crippen molar-refractivity contribution in [1.82, 2.24) is 4.98 Å². The van der Waals surface area contributed by atoms with Crippen LogP contribution in [-0.4, -0.2) is 4.98 Å². The van der Waals surface area contributed by atoms with Crippen LogP contribution >= 0.6 is 29.6 Å². The Kier molecular flexibility index (Phi) is 6.20. The Morgan fingerprint density at radius 2 is 0.929 bits per heavy atom. The summed E-state index contributed by atoms with van der Waals surface area (Å²) < 4.78 is 0. The van der Waals surface area contributed by atoms with Gasteiger partial charge in [-0.05, 0) is 0 Å². The number of hydrogen-bond donors (Lipinski definition) is 0. The van der Waals surface area contributed by atoms with E-state index in [9.17, 15) is 0 Å². The van der Waals surface area contributed by atoms with Crippen LogP contribution in [0.1, 0.15) is 5.56 Å². The number of nitrogens with zero attached hydrogens (tertiary/aromatic N) is 1. The summed E-state index contributed by atoms with van der Waals surface area (Å²) in [5.41, 5.74) is 1.19. The van der Waals surface area contributed by atoms with Gasteiger partial charge in [-0.2, -0.15) is 0 Å². The molecule has 28 heavy (non-hydrogen) atoms.